The standard InChI is InChI=1S/C13H23N3O2S/c1-3-11(12(14)19)13(18)16-6-4-10(5-7-16)8-15-9(2)17/h10-11H,3-8H2,1-2H3,(H2,14,19)(H,15,17). The fraction of sp³-hybridized carbons (Fsp3) is 0.769. The quantitative estimate of drug-likeness (QED) is 0.728. The zero-order chi connectivity index (χ0) is 14.4. The number of nitrogens with zero attached hydrogens (tertiary/aromatic N) is 1. The second-order valence-electron chi connectivity index (χ2n) is 5.07. The Morgan fingerprint density at radius 3 is 2.42 bits per heavy atom. The van der Waals surface area contributed by atoms with Crippen LogP contribution in [0.5, 0.6) is 0 Å². The van der Waals surface area contributed by atoms with Crippen LogP contribution < -0.4 is 11.1 Å². The maximum absolute atomic E-state index is 12.2. The van der Waals surface area contributed by atoms with Crippen LogP contribution in [0.15, 0.2) is 0 Å². The number of likely N-dealkylation sites (tertiary alicyclic amines) is 1. The molecule has 0 spiro atoms. The van der Waals surface area contributed by atoms with E-state index in [2.05, 4.69) is 5.32 Å². The summed E-state index contributed by atoms with van der Waals surface area (Å²) in [7, 11) is 0. The summed E-state index contributed by atoms with van der Waals surface area (Å²) in [6.45, 7) is 5.59. The molecule has 1 aliphatic rings. The minimum atomic E-state index is -0.332. The molecule has 5 nitrogen and oxygen atoms in total. The van der Waals surface area contributed by atoms with Crippen LogP contribution in [0.1, 0.15) is 33.1 Å². The maximum Gasteiger partial charge on any atom is 0.232 e. The molecule has 0 aromatic carbocycles. The SMILES string of the molecule is CCC(C(=O)N1CCC(CNC(C)=O)CC1)C(N)=S. The summed E-state index contributed by atoms with van der Waals surface area (Å²) in [6.07, 6.45) is 2.49. The molecule has 1 fully saturated rings. The Kier molecular flexibility index (Phi) is 6.21. The van der Waals surface area contributed by atoms with Gasteiger partial charge < -0.3 is 16.0 Å². The summed E-state index contributed by atoms with van der Waals surface area (Å²) in [6, 6.07) is 0. The minimum Gasteiger partial charge on any atom is -0.393 e. The largest absolute Gasteiger partial charge is 0.393 e. The lowest BCUT2D eigenvalue weighted by atomic mass is 9.95. The molecule has 1 aliphatic heterocycles. The lowest BCUT2D eigenvalue weighted by Crippen LogP contribution is -2.46. The van der Waals surface area contributed by atoms with Crippen LogP contribution in [-0.4, -0.2) is 41.3 Å². The van der Waals surface area contributed by atoms with Gasteiger partial charge in [0.05, 0.1) is 10.9 Å². The summed E-state index contributed by atoms with van der Waals surface area (Å²) in [5, 5.41) is 2.83. The van der Waals surface area contributed by atoms with Crippen molar-refractivity contribution in [3.8, 4) is 0 Å². The van der Waals surface area contributed by atoms with E-state index in [1.54, 1.807) is 0 Å². The molecule has 0 bridgehead atoms. The molecule has 0 saturated carbocycles. The number of thiocarbonyl (C=S) groups is 1. The predicted octanol–water partition coefficient (Wildman–Crippen LogP) is 0.673. The van der Waals surface area contributed by atoms with Gasteiger partial charge >= 0.3 is 0 Å². The molecule has 2 amide bonds. The molecule has 6 heteroatoms. The minimum absolute atomic E-state index is 0.00182. The fourth-order valence-electron chi connectivity index (χ4n) is 2.36. The highest BCUT2D eigenvalue weighted by molar-refractivity contribution is 7.80. The van der Waals surface area contributed by atoms with E-state index in [4.69, 9.17) is 18.0 Å². The molecule has 1 unspecified atom stereocenters. The molecular formula is C13H23N3O2S. The highest BCUT2D eigenvalue weighted by Gasteiger charge is 2.28. The molecule has 1 atom stereocenters. The Morgan fingerprint density at radius 2 is 2.00 bits per heavy atom. The number of nitrogens with two attached hydrogens (primary N) is 1. The number of amides is 2. The van der Waals surface area contributed by atoms with E-state index in [9.17, 15) is 9.59 Å². The van der Waals surface area contributed by atoms with Gasteiger partial charge in [0, 0.05) is 26.6 Å². The topological polar surface area (TPSA) is 75.4 Å². The maximum atomic E-state index is 12.2. The number of hydrogen-bond acceptors (Lipinski definition) is 3. The number of piperidine rings is 1. The van der Waals surface area contributed by atoms with Crippen molar-refractivity contribution in [2.24, 2.45) is 17.6 Å². The molecule has 1 heterocycles. The van der Waals surface area contributed by atoms with E-state index >= 15 is 0 Å². The van der Waals surface area contributed by atoms with Gasteiger partial charge in [-0.1, -0.05) is 19.1 Å². The van der Waals surface area contributed by atoms with Crippen molar-refractivity contribution in [2.45, 2.75) is 33.1 Å². The Labute approximate surface area is 119 Å². The van der Waals surface area contributed by atoms with Crippen LogP contribution in [0.4, 0.5) is 0 Å². The average Bonchev–Trinajstić information content (AvgIpc) is 2.37. The van der Waals surface area contributed by atoms with E-state index in [1.165, 1.54) is 6.92 Å². The van der Waals surface area contributed by atoms with Crippen molar-refractivity contribution in [2.75, 3.05) is 19.6 Å². The number of nitrogens with one attached hydrogen (secondary N) is 1. The molecule has 0 aromatic rings. The molecular weight excluding hydrogens is 262 g/mol. The van der Waals surface area contributed by atoms with Gasteiger partial charge in [0.2, 0.25) is 11.8 Å². The first-order valence-electron chi connectivity index (χ1n) is 6.78. The lowest BCUT2D eigenvalue weighted by Gasteiger charge is -2.34. The Balaban J connectivity index is 2.42. The van der Waals surface area contributed by atoms with Gasteiger partial charge in [0.1, 0.15) is 0 Å². The number of carbonyl (C=O) groups excluding carboxylic acids is 2. The monoisotopic (exact) mass is 285 g/mol. The summed E-state index contributed by atoms with van der Waals surface area (Å²) in [5.41, 5.74) is 5.60. The van der Waals surface area contributed by atoms with Gasteiger partial charge in [-0.2, -0.15) is 0 Å². The van der Waals surface area contributed by atoms with E-state index in [0.717, 1.165) is 25.9 Å². The third-order valence-electron chi connectivity index (χ3n) is 3.62. The summed E-state index contributed by atoms with van der Waals surface area (Å²) in [5.74, 6) is 0.172. The van der Waals surface area contributed by atoms with Crippen molar-refractivity contribution in [3.63, 3.8) is 0 Å². The van der Waals surface area contributed by atoms with E-state index in [0.29, 0.717) is 18.9 Å². The van der Waals surface area contributed by atoms with Crippen LogP contribution >= 0.6 is 12.2 Å². The van der Waals surface area contributed by atoms with Gasteiger partial charge in [-0.25, -0.2) is 0 Å². The van der Waals surface area contributed by atoms with Gasteiger partial charge in [-0.05, 0) is 25.2 Å². The van der Waals surface area contributed by atoms with Crippen molar-refractivity contribution in [3.05, 3.63) is 0 Å². The first-order valence-corrected chi connectivity index (χ1v) is 7.19. The van der Waals surface area contributed by atoms with Gasteiger partial charge in [-0.15, -0.1) is 0 Å². The third-order valence-corrected chi connectivity index (χ3v) is 3.90. The lowest BCUT2D eigenvalue weighted by molar-refractivity contribution is -0.135. The van der Waals surface area contributed by atoms with Crippen molar-refractivity contribution >= 4 is 29.0 Å². The van der Waals surface area contributed by atoms with Gasteiger partial charge in [0.15, 0.2) is 0 Å². The van der Waals surface area contributed by atoms with E-state index in [-0.39, 0.29) is 22.7 Å². The Hall–Kier alpha value is -1.17. The van der Waals surface area contributed by atoms with Crippen LogP contribution in [-0.2, 0) is 9.59 Å². The van der Waals surface area contributed by atoms with Gasteiger partial charge in [-0.3, -0.25) is 9.59 Å². The summed E-state index contributed by atoms with van der Waals surface area (Å²) in [4.78, 5) is 25.2. The second kappa shape index (κ2) is 7.43. The molecule has 108 valence electrons. The van der Waals surface area contributed by atoms with Crippen molar-refractivity contribution in [1.29, 1.82) is 0 Å². The average molecular weight is 285 g/mol. The number of carbonyl (C=O) groups is 2. The zero-order valence-corrected chi connectivity index (χ0v) is 12.5. The van der Waals surface area contributed by atoms with E-state index in [1.807, 2.05) is 11.8 Å². The first kappa shape index (κ1) is 15.9. The summed E-state index contributed by atoms with van der Waals surface area (Å²) >= 11 is 4.94. The van der Waals surface area contributed by atoms with Crippen molar-refractivity contribution in [1.82, 2.24) is 10.2 Å². The smallest absolute Gasteiger partial charge is 0.232 e. The van der Waals surface area contributed by atoms with Gasteiger partial charge in [0.25, 0.3) is 0 Å². The first-order chi connectivity index (χ1) is 8.95. The van der Waals surface area contributed by atoms with Crippen LogP contribution in [0.2, 0.25) is 0 Å². The highest BCUT2D eigenvalue weighted by Crippen LogP contribution is 2.19. The molecule has 3 N–H and O–H groups in total. The highest BCUT2D eigenvalue weighted by atomic mass is 32.1. The zero-order valence-electron chi connectivity index (χ0n) is 11.6. The number of rotatable bonds is 5. The number of hydrogen-bond donors (Lipinski definition) is 2. The third kappa shape index (κ3) is 4.78. The predicted molar refractivity (Wildman–Crippen MR) is 78.6 cm³/mol. The van der Waals surface area contributed by atoms with E-state index < -0.39 is 0 Å². The summed E-state index contributed by atoms with van der Waals surface area (Å²) < 4.78 is 0. The molecule has 19 heavy (non-hydrogen) atoms. The van der Waals surface area contributed by atoms with Crippen LogP contribution in [0.3, 0.4) is 0 Å². The molecule has 0 aromatic heterocycles. The van der Waals surface area contributed by atoms with Crippen LogP contribution in [0.25, 0.3) is 0 Å². The second-order valence-corrected chi connectivity index (χ2v) is 5.54. The molecule has 1 saturated heterocycles. The molecule has 0 radical (unpaired) electrons. The normalized spacial score (nSPS) is 17.9. The molecule has 0 aliphatic carbocycles. The molecule has 1 rings (SSSR count). The van der Waals surface area contributed by atoms with Crippen molar-refractivity contribution < 1.29 is 9.59 Å². The Morgan fingerprint density at radius 1 is 1.42 bits per heavy atom. The van der Waals surface area contributed by atoms with Crippen LogP contribution in [0, 0.1) is 11.8 Å². The Bertz CT molecular complexity index is 352. The fourth-order valence-corrected chi connectivity index (χ4v) is 2.63.